The first-order valence-corrected chi connectivity index (χ1v) is 8.37. The van der Waals surface area contributed by atoms with E-state index in [0.29, 0.717) is 36.0 Å². The smallest absolute Gasteiger partial charge is 0.348 e. The van der Waals surface area contributed by atoms with Gasteiger partial charge in [-0.3, -0.25) is 4.79 Å². The number of carbonyl (C=O) groups excluding carboxylic acids is 2. The molecule has 2 aromatic rings. The molecule has 116 valence electrons. The minimum Gasteiger partial charge on any atom is -0.462 e. The fourth-order valence-electron chi connectivity index (χ4n) is 2.84. The molecule has 0 radical (unpaired) electrons. The lowest BCUT2D eigenvalue weighted by molar-refractivity contribution is -0.129. The van der Waals surface area contributed by atoms with Crippen LogP contribution in [0.25, 0.3) is 10.1 Å². The number of rotatable bonds is 2. The number of hydrogen-bond acceptors (Lipinski definition) is 4. The van der Waals surface area contributed by atoms with Gasteiger partial charge < -0.3 is 9.64 Å². The molecule has 0 atom stereocenters. The van der Waals surface area contributed by atoms with Gasteiger partial charge in [0, 0.05) is 40.7 Å². The monoisotopic (exact) mass is 337 g/mol. The van der Waals surface area contributed by atoms with Crippen molar-refractivity contribution in [1.29, 1.82) is 0 Å². The van der Waals surface area contributed by atoms with Crippen LogP contribution in [0.1, 0.15) is 34.6 Å². The summed E-state index contributed by atoms with van der Waals surface area (Å²) in [5.74, 6) is -0.329. The van der Waals surface area contributed by atoms with Crippen LogP contribution in [0, 0.1) is 0 Å². The molecule has 0 N–H and O–H groups in total. The van der Waals surface area contributed by atoms with Gasteiger partial charge in [0.05, 0.1) is 6.61 Å². The van der Waals surface area contributed by atoms with Gasteiger partial charge in [-0.25, -0.2) is 4.79 Å². The summed E-state index contributed by atoms with van der Waals surface area (Å²) in [5, 5.41) is 1.71. The Morgan fingerprint density at radius 2 is 2.14 bits per heavy atom. The van der Waals surface area contributed by atoms with Crippen molar-refractivity contribution in [2.24, 2.45) is 0 Å². The van der Waals surface area contributed by atoms with E-state index in [1.165, 1.54) is 11.3 Å². The van der Waals surface area contributed by atoms with Gasteiger partial charge in [-0.15, -0.1) is 11.3 Å². The molecule has 6 heteroatoms. The van der Waals surface area contributed by atoms with Crippen molar-refractivity contribution in [1.82, 2.24) is 4.90 Å². The fraction of sp³-hybridized carbons (Fsp3) is 0.375. The van der Waals surface area contributed by atoms with E-state index in [-0.39, 0.29) is 11.9 Å². The van der Waals surface area contributed by atoms with Crippen LogP contribution in [0.15, 0.2) is 12.1 Å². The number of hydrogen-bond donors (Lipinski definition) is 0. The van der Waals surface area contributed by atoms with Gasteiger partial charge in [-0.05, 0) is 31.0 Å². The molecule has 1 aliphatic rings. The Balaban J connectivity index is 2.22. The van der Waals surface area contributed by atoms with E-state index in [0.717, 1.165) is 21.2 Å². The van der Waals surface area contributed by atoms with Crippen LogP contribution >= 0.6 is 22.9 Å². The van der Waals surface area contributed by atoms with E-state index in [1.807, 2.05) is 12.1 Å². The Morgan fingerprint density at radius 1 is 1.36 bits per heavy atom. The van der Waals surface area contributed by atoms with Crippen LogP contribution in [-0.4, -0.2) is 29.9 Å². The number of thiophene rings is 1. The van der Waals surface area contributed by atoms with Crippen molar-refractivity contribution in [3.8, 4) is 0 Å². The molecular weight excluding hydrogens is 322 g/mol. The van der Waals surface area contributed by atoms with Gasteiger partial charge in [-0.1, -0.05) is 11.6 Å². The molecule has 1 aliphatic heterocycles. The molecule has 1 aromatic carbocycles. The summed E-state index contributed by atoms with van der Waals surface area (Å²) in [6.45, 7) is 4.70. The van der Waals surface area contributed by atoms with Crippen LogP contribution in [0.5, 0.6) is 0 Å². The highest BCUT2D eigenvalue weighted by atomic mass is 35.5. The molecule has 0 spiro atoms. The minimum absolute atomic E-state index is 0.00177. The van der Waals surface area contributed by atoms with Crippen molar-refractivity contribution in [3.63, 3.8) is 0 Å². The van der Waals surface area contributed by atoms with Crippen molar-refractivity contribution < 1.29 is 14.3 Å². The predicted molar refractivity (Wildman–Crippen MR) is 87.6 cm³/mol. The van der Waals surface area contributed by atoms with Gasteiger partial charge in [0.2, 0.25) is 5.91 Å². The minimum atomic E-state index is -0.328. The van der Waals surface area contributed by atoms with E-state index >= 15 is 0 Å². The summed E-state index contributed by atoms with van der Waals surface area (Å²) >= 11 is 7.76. The highest BCUT2D eigenvalue weighted by Gasteiger charge is 2.27. The molecule has 0 unspecified atom stereocenters. The summed E-state index contributed by atoms with van der Waals surface area (Å²) in [7, 11) is 0. The lowest BCUT2D eigenvalue weighted by Gasteiger charge is -2.18. The highest BCUT2D eigenvalue weighted by molar-refractivity contribution is 7.21. The summed E-state index contributed by atoms with van der Waals surface area (Å²) in [4.78, 5) is 26.4. The van der Waals surface area contributed by atoms with Crippen LogP contribution in [0.4, 0.5) is 0 Å². The Hall–Kier alpha value is -1.59. The predicted octanol–water partition coefficient (Wildman–Crippen LogP) is 3.64. The second kappa shape index (κ2) is 5.89. The van der Waals surface area contributed by atoms with Crippen LogP contribution in [0.2, 0.25) is 5.02 Å². The second-order valence-electron chi connectivity index (χ2n) is 5.22. The maximum atomic E-state index is 12.3. The first-order valence-electron chi connectivity index (χ1n) is 7.18. The Bertz CT molecular complexity index is 768. The van der Waals surface area contributed by atoms with Gasteiger partial charge in [0.25, 0.3) is 0 Å². The third-order valence-electron chi connectivity index (χ3n) is 3.89. The zero-order valence-corrected chi connectivity index (χ0v) is 14.0. The Morgan fingerprint density at radius 3 is 2.82 bits per heavy atom. The molecule has 1 aromatic heterocycles. The van der Waals surface area contributed by atoms with Crippen molar-refractivity contribution in [2.75, 3.05) is 13.2 Å². The third kappa shape index (κ3) is 2.48. The highest BCUT2D eigenvalue weighted by Crippen LogP contribution is 2.39. The molecule has 2 heterocycles. The average Bonchev–Trinajstić information content (AvgIpc) is 2.70. The van der Waals surface area contributed by atoms with E-state index in [4.69, 9.17) is 16.3 Å². The average molecular weight is 338 g/mol. The van der Waals surface area contributed by atoms with E-state index in [1.54, 1.807) is 18.7 Å². The number of nitrogens with zero attached hydrogens (tertiary/aromatic N) is 1. The van der Waals surface area contributed by atoms with Crippen LogP contribution in [0.3, 0.4) is 0 Å². The van der Waals surface area contributed by atoms with E-state index in [2.05, 4.69) is 0 Å². The summed E-state index contributed by atoms with van der Waals surface area (Å²) in [5.41, 5.74) is 1.88. The SMILES string of the molecule is CCOC(=O)c1sc2ccc(Cl)c3c2c1CN(C(C)=O)CC3. The number of esters is 1. The van der Waals surface area contributed by atoms with Crippen molar-refractivity contribution in [2.45, 2.75) is 26.8 Å². The number of ether oxygens (including phenoxy) is 1. The lowest BCUT2D eigenvalue weighted by Crippen LogP contribution is -2.29. The Labute approximate surface area is 137 Å². The van der Waals surface area contributed by atoms with Crippen LogP contribution < -0.4 is 0 Å². The molecule has 22 heavy (non-hydrogen) atoms. The molecule has 0 bridgehead atoms. The third-order valence-corrected chi connectivity index (χ3v) is 5.42. The summed E-state index contributed by atoms with van der Waals surface area (Å²) < 4.78 is 6.18. The zero-order chi connectivity index (χ0) is 15.9. The maximum Gasteiger partial charge on any atom is 0.348 e. The largest absolute Gasteiger partial charge is 0.462 e. The molecule has 0 saturated heterocycles. The molecule has 3 rings (SSSR count). The number of amides is 1. The van der Waals surface area contributed by atoms with Crippen molar-refractivity contribution in [3.05, 3.63) is 33.2 Å². The summed E-state index contributed by atoms with van der Waals surface area (Å²) in [6.07, 6.45) is 0.696. The van der Waals surface area contributed by atoms with Gasteiger partial charge in [-0.2, -0.15) is 0 Å². The Kier molecular flexibility index (Phi) is 4.10. The molecule has 0 fully saturated rings. The second-order valence-corrected chi connectivity index (χ2v) is 6.68. The van der Waals surface area contributed by atoms with E-state index in [9.17, 15) is 9.59 Å². The number of benzene rings is 1. The number of carbonyl (C=O) groups is 2. The number of halogens is 1. The fourth-order valence-corrected chi connectivity index (χ4v) is 4.23. The normalized spacial score (nSPS) is 14.0. The molecule has 0 saturated carbocycles. The molecule has 1 amide bonds. The molecule has 4 nitrogen and oxygen atoms in total. The van der Waals surface area contributed by atoms with Crippen molar-refractivity contribution >= 4 is 44.9 Å². The molecular formula is C16H16ClNO3S. The quantitative estimate of drug-likeness (QED) is 0.786. The van der Waals surface area contributed by atoms with Crippen LogP contribution in [-0.2, 0) is 22.5 Å². The molecule has 0 aliphatic carbocycles. The van der Waals surface area contributed by atoms with Gasteiger partial charge >= 0.3 is 5.97 Å². The first kappa shape index (κ1) is 15.3. The lowest BCUT2D eigenvalue weighted by atomic mass is 10.0. The zero-order valence-electron chi connectivity index (χ0n) is 12.4. The van der Waals surface area contributed by atoms with Gasteiger partial charge in [0.15, 0.2) is 0 Å². The maximum absolute atomic E-state index is 12.3. The topological polar surface area (TPSA) is 46.6 Å². The standard InChI is InChI=1S/C16H16ClNO3S/c1-3-21-16(20)15-11-8-18(9(2)19)7-6-10-12(17)4-5-13(22-15)14(10)11/h4-5H,3,6-8H2,1-2H3. The van der Waals surface area contributed by atoms with E-state index < -0.39 is 0 Å². The van der Waals surface area contributed by atoms with Gasteiger partial charge in [0.1, 0.15) is 4.88 Å². The first-order chi connectivity index (χ1) is 10.5. The summed E-state index contributed by atoms with van der Waals surface area (Å²) in [6, 6.07) is 3.79.